The Morgan fingerprint density at radius 1 is 1.03 bits per heavy atom. The fraction of sp³-hybridized carbons (Fsp3) is 0.348. The van der Waals surface area contributed by atoms with Crippen LogP contribution in [0.2, 0.25) is 0 Å². The van der Waals surface area contributed by atoms with Crippen molar-refractivity contribution < 1.29 is 14.4 Å². The minimum Gasteiger partial charge on any atom is -0.325 e. The quantitative estimate of drug-likeness (QED) is 0.778. The molecule has 1 saturated heterocycles. The molecule has 1 heterocycles. The van der Waals surface area contributed by atoms with Gasteiger partial charge in [0.15, 0.2) is 0 Å². The van der Waals surface area contributed by atoms with Crippen molar-refractivity contribution in [1.29, 1.82) is 0 Å². The Morgan fingerprint density at radius 2 is 1.62 bits per heavy atom. The summed E-state index contributed by atoms with van der Waals surface area (Å²) >= 11 is 0. The van der Waals surface area contributed by atoms with E-state index < -0.39 is 23.4 Å². The summed E-state index contributed by atoms with van der Waals surface area (Å²) in [4.78, 5) is 38.7. The first-order chi connectivity index (χ1) is 13.5. The fourth-order valence-electron chi connectivity index (χ4n) is 3.32. The number of imide groups is 1. The van der Waals surface area contributed by atoms with Crippen LogP contribution in [0.25, 0.3) is 0 Å². The largest absolute Gasteiger partial charge is 0.325 e. The maximum absolute atomic E-state index is 12.9. The van der Waals surface area contributed by atoms with Crippen LogP contribution >= 0.6 is 0 Å². The maximum Gasteiger partial charge on any atom is 0.325 e. The van der Waals surface area contributed by atoms with Crippen molar-refractivity contribution in [2.45, 2.75) is 45.6 Å². The normalized spacial score (nSPS) is 19.3. The highest BCUT2D eigenvalue weighted by atomic mass is 16.2. The minimum absolute atomic E-state index is 0.0169. The monoisotopic (exact) mass is 393 g/mol. The van der Waals surface area contributed by atoms with Crippen molar-refractivity contribution in [1.82, 2.24) is 10.2 Å². The number of nitrogens with one attached hydrogen (secondary N) is 2. The molecule has 0 saturated carbocycles. The predicted octanol–water partition coefficient (Wildman–Crippen LogP) is 3.70. The zero-order chi connectivity index (χ0) is 21.4. The van der Waals surface area contributed by atoms with E-state index in [0.717, 1.165) is 16.0 Å². The van der Waals surface area contributed by atoms with Crippen molar-refractivity contribution in [3.8, 4) is 0 Å². The SMILES string of the molecule is Cc1ccc(C2(C)NC(=O)N(CC(=O)Nc3ccc(C(C)(C)C)cc3)C2=O)cc1. The first kappa shape index (κ1) is 20.6. The van der Waals surface area contributed by atoms with E-state index in [-0.39, 0.29) is 12.0 Å². The lowest BCUT2D eigenvalue weighted by molar-refractivity contribution is -0.133. The number of benzene rings is 2. The molecule has 152 valence electrons. The molecular weight excluding hydrogens is 366 g/mol. The zero-order valence-corrected chi connectivity index (χ0v) is 17.5. The Bertz CT molecular complexity index is 943. The van der Waals surface area contributed by atoms with Gasteiger partial charge in [0.1, 0.15) is 12.1 Å². The van der Waals surface area contributed by atoms with E-state index in [0.29, 0.717) is 11.3 Å². The van der Waals surface area contributed by atoms with Crippen molar-refractivity contribution in [3.63, 3.8) is 0 Å². The van der Waals surface area contributed by atoms with Crippen LogP contribution in [0.15, 0.2) is 48.5 Å². The third kappa shape index (κ3) is 4.16. The van der Waals surface area contributed by atoms with Crippen molar-refractivity contribution in [2.75, 3.05) is 11.9 Å². The highest BCUT2D eigenvalue weighted by Gasteiger charge is 2.49. The van der Waals surface area contributed by atoms with Gasteiger partial charge in [0.2, 0.25) is 5.91 Å². The van der Waals surface area contributed by atoms with Gasteiger partial charge in [-0.3, -0.25) is 14.5 Å². The lowest BCUT2D eigenvalue weighted by Crippen LogP contribution is -2.42. The molecule has 6 nitrogen and oxygen atoms in total. The maximum atomic E-state index is 12.9. The van der Waals surface area contributed by atoms with Crippen LogP contribution in [0, 0.1) is 6.92 Å². The van der Waals surface area contributed by atoms with Crippen LogP contribution in [0.3, 0.4) is 0 Å². The fourth-order valence-corrected chi connectivity index (χ4v) is 3.32. The number of urea groups is 1. The van der Waals surface area contributed by atoms with Crippen LogP contribution in [0.1, 0.15) is 44.4 Å². The third-order valence-corrected chi connectivity index (χ3v) is 5.24. The summed E-state index contributed by atoms with van der Waals surface area (Å²) < 4.78 is 0. The van der Waals surface area contributed by atoms with Gasteiger partial charge in [0.25, 0.3) is 5.91 Å². The van der Waals surface area contributed by atoms with Crippen LogP contribution in [-0.2, 0) is 20.5 Å². The van der Waals surface area contributed by atoms with Crippen LogP contribution in [-0.4, -0.2) is 29.3 Å². The van der Waals surface area contributed by atoms with Gasteiger partial charge >= 0.3 is 6.03 Å². The molecule has 2 aromatic rings. The van der Waals surface area contributed by atoms with Crippen LogP contribution in [0.4, 0.5) is 10.5 Å². The molecule has 6 heteroatoms. The molecule has 0 aromatic heterocycles. The van der Waals surface area contributed by atoms with Gasteiger partial charge in [-0.25, -0.2) is 4.79 Å². The van der Waals surface area contributed by atoms with Crippen LogP contribution in [0.5, 0.6) is 0 Å². The molecule has 0 aliphatic carbocycles. The molecule has 0 radical (unpaired) electrons. The first-order valence-electron chi connectivity index (χ1n) is 9.62. The van der Waals surface area contributed by atoms with Gasteiger partial charge in [-0.05, 0) is 42.5 Å². The summed E-state index contributed by atoms with van der Waals surface area (Å²) in [5, 5.41) is 5.47. The molecule has 29 heavy (non-hydrogen) atoms. The second kappa shape index (κ2) is 7.35. The van der Waals surface area contributed by atoms with Crippen molar-refractivity contribution in [2.24, 2.45) is 0 Å². The molecule has 2 N–H and O–H groups in total. The summed E-state index contributed by atoms with van der Waals surface area (Å²) in [6.07, 6.45) is 0. The Kier molecular flexibility index (Phi) is 5.22. The number of rotatable bonds is 4. The lowest BCUT2D eigenvalue weighted by Gasteiger charge is -2.22. The number of nitrogens with zero attached hydrogens (tertiary/aromatic N) is 1. The Labute approximate surface area is 171 Å². The predicted molar refractivity (Wildman–Crippen MR) is 113 cm³/mol. The summed E-state index contributed by atoms with van der Waals surface area (Å²) in [7, 11) is 0. The molecular formula is C23H27N3O3. The van der Waals surface area contributed by atoms with Gasteiger partial charge in [-0.1, -0.05) is 62.7 Å². The van der Waals surface area contributed by atoms with Gasteiger partial charge in [-0.2, -0.15) is 0 Å². The average molecular weight is 393 g/mol. The van der Waals surface area contributed by atoms with Gasteiger partial charge in [0, 0.05) is 5.69 Å². The summed E-state index contributed by atoms with van der Waals surface area (Å²) in [6.45, 7) is 9.61. The summed E-state index contributed by atoms with van der Waals surface area (Å²) in [6, 6.07) is 14.4. The van der Waals surface area contributed by atoms with E-state index >= 15 is 0 Å². The number of carbonyl (C=O) groups is 3. The van der Waals surface area contributed by atoms with E-state index in [4.69, 9.17) is 0 Å². The number of hydrogen-bond donors (Lipinski definition) is 2. The number of aryl methyl sites for hydroxylation is 1. The average Bonchev–Trinajstić information content (AvgIpc) is 2.86. The molecule has 1 fully saturated rings. The smallest absolute Gasteiger partial charge is 0.325 e. The summed E-state index contributed by atoms with van der Waals surface area (Å²) in [5.74, 6) is -0.866. The summed E-state index contributed by atoms with van der Waals surface area (Å²) in [5.41, 5.74) is 2.35. The molecule has 1 aliphatic heterocycles. The third-order valence-electron chi connectivity index (χ3n) is 5.24. The molecule has 4 amide bonds. The molecule has 0 bridgehead atoms. The highest BCUT2D eigenvalue weighted by Crippen LogP contribution is 2.29. The number of hydrogen-bond acceptors (Lipinski definition) is 3. The number of amides is 4. The van der Waals surface area contributed by atoms with Crippen molar-refractivity contribution >= 4 is 23.5 Å². The van der Waals surface area contributed by atoms with E-state index in [1.54, 1.807) is 6.92 Å². The molecule has 2 aromatic carbocycles. The topological polar surface area (TPSA) is 78.5 Å². The Balaban J connectivity index is 1.69. The standard InChI is InChI=1S/C23H27N3O3/c1-15-6-8-17(9-7-15)23(5)20(28)26(21(29)25-23)14-19(27)24-18-12-10-16(11-13-18)22(2,3)4/h6-13H,14H2,1-5H3,(H,24,27)(H,25,29). The lowest BCUT2D eigenvalue weighted by atomic mass is 9.87. The number of carbonyl (C=O) groups excluding carboxylic acids is 3. The van der Waals surface area contributed by atoms with Gasteiger partial charge in [-0.15, -0.1) is 0 Å². The van der Waals surface area contributed by atoms with Crippen molar-refractivity contribution in [3.05, 3.63) is 65.2 Å². The van der Waals surface area contributed by atoms with Gasteiger partial charge < -0.3 is 10.6 Å². The highest BCUT2D eigenvalue weighted by molar-refractivity contribution is 6.10. The van der Waals surface area contributed by atoms with E-state index in [1.807, 2.05) is 55.5 Å². The first-order valence-corrected chi connectivity index (χ1v) is 9.62. The second-order valence-electron chi connectivity index (χ2n) is 8.69. The molecule has 0 spiro atoms. The molecule has 1 aliphatic rings. The van der Waals surface area contributed by atoms with E-state index in [1.165, 1.54) is 0 Å². The molecule has 1 atom stereocenters. The molecule has 3 rings (SSSR count). The van der Waals surface area contributed by atoms with Crippen LogP contribution < -0.4 is 10.6 Å². The zero-order valence-electron chi connectivity index (χ0n) is 17.5. The second-order valence-corrected chi connectivity index (χ2v) is 8.69. The van der Waals surface area contributed by atoms with E-state index in [2.05, 4.69) is 31.4 Å². The molecule has 1 unspecified atom stereocenters. The van der Waals surface area contributed by atoms with Gasteiger partial charge in [0.05, 0.1) is 0 Å². The minimum atomic E-state index is -1.18. The Hall–Kier alpha value is -3.15. The number of anilines is 1. The Morgan fingerprint density at radius 3 is 2.17 bits per heavy atom. The van der Waals surface area contributed by atoms with E-state index in [9.17, 15) is 14.4 Å².